The van der Waals surface area contributed by atoms with E-state index in [4.69, 9.17) is 5.26 Å². The highest BCUT2D eigenvalue weighted by Crippen LogP contribution is 2.32. The average Bonchev–Trinajstić information content (AvgIpc) is 3.30. The molecule has 1 N–H and O–H groups in total. The van der Waals surface area contributed by atoms with Crippen LogP contribution in [0.15, 0.2) is 41.1 Å². The van der Waals surface area contributed by atoms with Crippen molar-refractivity contribution in [3.05, 3.63) is 63.4 Å². The van der Waals surface area contributed by atoms with Crippen LogP contribution >= 0.6 is 11.3 Å². The van der Waals surface area contributed by atoms with Gasteiger partial charge in [0.15, 0.2) is 0 Å². The molecule has 2 aliphatic rings. The van der Waals surface area contributed by atoms with Crippen molar-refractivity contribution in [2.24, 2.45) is 0 Å². The Morgan fingerprint density at radius 1 is 1.23 bits per heavy atom. The number of amides is 1. The molecular formula is C25H29N3OS. The van der Waals surface area contributed by atoms with E-state index in [0.29, 0.717) is 0 Å². The molecule has 1 amide bonds. The fraction of sp³-hybridized carbons (Fsp3) is 0.440. The van der Waals surface area contributed by atoms with E-state index in [1.807, 2.05) is 35.0 Å². The highest BCUT2D eigenvalue weighted by molar-refractivity contribution is 7.08. The molecule has 0 radical (unpaired) electrons. The summed E-state index contributed by atoms with van der Waals surface area (Å²) >= 11 is 1.64. The van der Waals surface area contributed by atoms with Crippen LogP contribution in [0.5, 0.6) is 0 Å². The second kappa shape index (κ2) is 9.59. The van der Waals surface area contributed by atoms with Crippen molar-refractivity contribution in [2.45, 2.75) is 57.0 Å². The standard InChI is InChI=1S/C25H29N3OS/c26-17-21-4-6-23-18-28(13-8-22(23)16-21)14-12-25(10-2-1-3-11-25)27-24(29)7-5-20-9-15-30-19-20/h4-7,9,15-16,19H,1-3,8,10-14,18H2,(H,27,29)/b7-5+. The van der Waals surface area contributed by atoms with Crippen LogP contribution in [0, 0.1) is 11.3 Å². The van der Waals surface area contributed by atoms with Crippen molar-refractivity contribution in [3.8, 4) is 6.07 Å². The topological polar surface area (TPSA) is 56.1 Å². The van der Waals surface area contributed by atoms with Crippen molar-refractivity contribution in [3.63, 3.8) is 0 Å². The third kappa shape index (κ3) is 5.19. The molecule has 1 fully saturated rings. The minimum absolute atomic E-state index is 0.0242. The second-order valence-electron chi connectivity index (χ2n) is 8.59. The number of hydrogen-bond donors (Lipinski definition) is 1. The highest BCUT2D eigenvalue weighted by atomic mass is 32.1. The van der Waals surface area contributed by atoms with Gasteiger partial charge in [-0.05, 0) is 77.4 Å². The molecule has 4 nitrogen and oxygen atoms in total. The molecule has 1 aliphatic carbocycles. The third-order valence-electron chi connectivity index (χ3n) is 6.50. The van der Waals surface area contributed by atoms with Gasteiger partial charge in [0.1, 0.15) is 0 Å². The smallest absolute Gasteiger partial charge is 0.244 e. The van der Waals surface area contributed by atoms with Gasteiger partial charge >= 0.3 is 0 Å². The van der Waals surface area contributed by atoms with Crippen LogP contribution < -0.4 is 5.32 Å². The zero-order chi connectivity index (χ0) is 20.8. The van der Waals surface area contributed by atoms with Crippen molar-refractivity contribution in [2.75, 3.05) is 13.1 Å². The number of carbonyl (C=O) groups is 1. The quantitative estimate of drug-likeness (QED) is 0.678. The molecule has 1 saturated carbocycles. The van der Waals surface area contributed by atoms with Gasteiger partial charge in [0.2, 0.25) is 5.91 Å². The zero-order valence-corrected chi connectivity index (χ0v) is 18.2. The molecule has 0 spiro atoms. The molecule has 1 aliphatic heterocycles. The van der Waals surface area contributed by atoms with Gasteiger partial charge in [-0.15, -0.1) is 0 Å². The molecule has 1 aromatic heterocycles. The minimum Gasteiger partial charge on any atom is -0.347 e. The highest BCUT2D eigenvalue weighted by Gasteiger charge is 2.33. The van der Waals surface area contributed by atoms with Crippen LogP contribution in [-0.4, -0.2) is 29.4 Å². The number of nitrogens with one attached hydrogen (secondary N) is 1. The minimum atomic E-state index is -0.0841. The second-order valence-corrected chi connectivity index (χ2v) is 9.37. The Hall–Kier alpha value is -2.42. The van der Waals surface area contributed by atoms with E-state index in [2.05, 4.69) is 22.4 Å². The number of hydrogen-bond acceptors (Lipinski definition) is 4. The summed E-state index contributed by atoms with van der Waals surface area (Å²) in [5.74, 6) is 0.0242. The maximum Gasteiger partial charge on any atom is 0.244 e. The van der Waals surface area contributed by atoms with Crippen LogP contribution in [0.3, 0.4) is 0 Å². The molecule has 4 rings (SSSR count). The van der Waals surface area contributed by atoms with E-state index in [1.165, 1.54) is 30.4 Å². The summed E-state index contributed by atoms with van der Waals surface area (Å²) in [6.07, 6.45) is 11.4. The van der Waals surface area contributed by atoms with Crippen LogP contribution in [0.4, 0.5) is 0 Å². The number of carbonyl (C=O) groups excluding carboxylic acids is 1. The van der Waals surface area contributed by atoms with Gasteiger partial charge in [-0.2, -0.15) is 16.6 Å². The lowest BCUT2D eigenvalue weighted by Crippen LogP contribution is -2.51. The van der Waals surface area contributed by atoms with Gasteiger partial charge in [0, 0.05) is 31.2 Å². The van der Waals surface area contributed by atoms with Crippen molar-refractivity contribution in [1.82, 2.24) is 10.2 Å². The largest absolute Gasteiger partial charge is 0.347 e. The molecule has 0 atom stereocenters. The first kappa shape index (κ1) is 20.8. The van der Waals surface area contributed by atoms with Gasteiger partial charge in [-0.3, -0.25) is 9.69 Å². The van der Waals surface area contributed by atoms with Crippen molar-refractivity contribution in [1.29, 1.82) is 5.26 Å². The van der Waals surface area contributed by atoms with Gasteiger partial charge in [0.25, 0.3) is 0 Å². The summed E-state index contributed by atoms with van der Waals surface area (Å²) in [6, 6.07) is 10.3. The van der Waals surface area contributed by atoms with Gasteiger partial charge in [0.05, 0.1) is 11.6 Å². The molecular weight excluding hydrogens is 390 g/mol. The monoisotopic (exact) mass is 419 g/mol. The number of nitrogens with zero attached hydrogens (tertiary/aromatic N) is 2. The Balaban J connectivity index is 1.37. The third-order valence-corrected chi connectivity index (χ3v) is 7.20. The first-order chi connectivity index (χ1) is 14.7. The number of thiophene rings is 1. The summed E-state index contributed by atoms with van der Waals surface area (Å²) < 4.78 is 0. The molecule has 0 bridgehead atoms. The summed E-state index contributed by atoms with van der Waals surface area (Å²) in [7, 11) is 0. The predicted molar refractivity (Wildman–Crippen MR) is 122 cm³/mol. The predicted octanol–water partition coefficient (Wildman–Crippen LogP) is 4.90. The molecule has 156 valence electrons. The molecule has 0 unspecified atom stereocenters. The fourth-order valence-electron chi connectivity index (χ4n) is 4.75. The van der Waals surface area contributed by atoms with Crippen LogP contribution in [0.2, 0.25) is 0 Å². The Labute approximate surface area is 183 Å². The molecule has 5 heteroatoms. The normalized spacial score (nSPS) is 18.6. The van der Waals surface area contributed by atoms with Gasteiger partial charge < -0.3 is 5.32 Å². The number of rotatable bonds is 6. The maximum atomic E-state index is 12.7. The van der Waals surface area contributed by atoms with Crippen molar-refractivity contribution < 1.29 is 4.79 Å². The van der Waals surface area contributed by atoms with Crippen LogP contribution in [0.1, 0.15) is 60.8 Å². The average molecular weight is 420 g/mol. The van der Waals surface area contributed by atoms with Crippen LogP contribution in [-0.2, 0) is 17.8 Å². The Bertz CT molecular complexity index is 936. The molecule has 2 aromatic rings. The lowest BCUT2D eigenvalue weighted by Gasteiger charge is -2.40. The number of benzene rings is 1. The van der Waals surface area contributed by atoms with Crippen molar-refractivity contribution >= 4 is 23.3 Å². The summed E-state index contributed by atoms with van der Waals surface area (Å²) in [6.45, 7) is 2.95. The summed E-state index contributed by atoms with van der Waals surface area (Å²) in [4.78, 5) is 15.2. The number of fused-ring (bicyclic) bond motifs is 1. The SMILES string of the molecule is N#Cc1ccc2c(c1)CCN(CCC1(NC(=O)/C=C/c3ccsc3)CCCCC1)C2. The Kier molecular flexibility index (Phi) is 6.66. The molecule has 2 heterocycles. The Morgan fingerprint density at radius 2 is 2.10 bits per heavy atom. The van der Waals surface area contributed by atoms with E-state index in [1.54, 1.807) is 17.4 Å². The summed E-state index contributed by atoms with van der Waals surface area (Å²) in [5, 5.41) is 16.6. The van der Waals surface area contributed by atoms with Gasteiger partial charge in [-0.1, -0.05) is 25.3 Å². The summed E-state index contributed by atoms with van der Waals surface area (Å²) in [5.41, 5.74) is 4.39. The van der Waals surface area contributed by atoms with E-state index in [9.17, 15) is 4.79 Å². The van der Waals surface area contributed by atoms with E-state index >= 15 is 0 Å². The first-order valence-corrected chi connectivity index (χ1v) is 11.9. The number of nitriles is 1. The van der Waals surface area contributed by atoms with Crippen LogP contribution in [0.25, 0.3) is 6.08 Å². The lowest BCUT2D eigenvalue weighted by molar-refractivity contribution is -0.118. The molecule has 0 saturated heterocycles. The lowest BCUT2D eigenvalue weighted by atomic mass is 9.79. The Morgan fingerprint density at radius 3 is 2.87 bits per heavy atom. The fourth-order valence-corrected chi connectivity index (χ4v) is 5.38. The van der Waals surface area contributed by atoms with E-state index in [0.717, 1.165) is 56.4 Å². The first-order valence-electron chi connectivity index (χ1n) is 10.9. The maximum absolute atomic E-state index is 12.7. The zero-order valence-electron chi connectivity index (χ0n) is 17.4. The van der Waals surface area contributed by atoms with E-state index < -0.39 is 0 Å². The molecule has 1 aromatic carbocycles. The molecule has 30 heavy (non-hydrogen) atoms. The van der Waals surface area contributed by atoms with E-state index in [-0.39, 0.29) is 11.4 Å². The van der Waals surface area contributed by atoms with Gasteiger partial charge in [-0.25, -0.2) is 0 Å².